The van der Waals surface area contributed by atoms with Gasteiger partial charge in [0.25, 0.3) is 5.78 Å². The van der Waals surface area contributed by atoms with E-state index in [2.05, 4.69) is 25.9 Å². The number of halogens is 1. The molecule has 1 atom stereocenters. The Morgan fingerprint density at radius 1 is 1.15 bits per heavy atom. The number of hydrogen-bond donors (Lipinski definition) is 1. The summed E-state index contributed by atoms with van der Waals surface area (Å²) < 4.78 is 6.74. The van der Waals surface area contributed by atoms with Crippen molar-refractivity contribution in [1.82, 2.24) is 9.97 Å². The van der Waals surface area contributed by atoms with Crippen molar-refractivity contribution in [1.29, 1.82) is 0 Å². The van der Waals surface area contributed by atoms with Crippen LogP contribution in [0.5, 0.6) is 5.75 Å². The lowest BCUT2D eigenvalue weighted by molar-refractivity contribution is -0.132. The highest BCUT2D eigenvalue weighted by atomic mass is 79.9. The number of ether oxygens (including phenoxy) is 1. The van der Waals surface area contributed by atoms with Gasteiger partial charge in [-0.1, -0.05) is 29.5 Å². The molecule has 1 fully saturated rings. The van der Waals surface area contributed by atoms with Crippen LogP contribution in [0.3, 0.4) is 0 Å². The summed E-state index contributed by atoms with van der Waals surface area (Å²) in [5.74, 6) is -1.25. The van der Waals surface area contributed by atoms with Crippen LogP contribution in [0.2, 0.25) is 0 Å². The Labute approximate surface area is 201 Å². The molecule has 1 aliphatic rings. The van der Waals surface area contributed by atoms with Gasteiger partial charge in [0.2, 0.25) is 0 Å². The molecule has 1 saturated heterocycles. The van der Waals surface area contributed by atoms with Gasteiger partial charge in [-0.3, -0.25) is 19.5 Å². The molecule has 2 aromatic heterocycles. The zero-order valence-corrected chi connectivity index (χ0v) is 19.6. The quantitative estimate of drug-likeness (QED) is 0.228. The van der Waals surface area contributed by atoms with E-state index in [1.165, 1.54) is 23.3 Å². The van der Waals surface area contributed by atoms with E-state index >= 15 is 0 Å². The highest BCUT2D eigenvalue weighted by molar-refractivity contribution is 9.10. The van der Waals surface area contributed by atoms with Crippen molar-refractivity contribution in [2.75, 3.05) is 12.0 Å². The van der Waals surface area contributed by atoms with Gasteiger partial charge in [-0.05, 0) is 57.9 Å². The van der Waals surface area contributed by atoms with E-state index in [-0.39, 0.29) is 11.3 Å². The molecular formula is C24H16BrN3O4S. The second kappa shape index (κ2) is 8.42. The van der Waals surface area contributed by atoms with Gasteiger partial charge in [-0.2, -0.15) is 0 Å². The highest BCUT2D eigenvalue weighted by Crippen LogP contribution is 2.44. The molecule has 4 aromatic rings. The molecule has 33 heavy (non-hydrogen) atoms. The Bertz CT molecular complexity index is 1400. The van der Waals surface area contributed by atoms with Gasteiger partial charge >= 0.3 is 5.91 Å². The van der Waals surface area contributed by atoms with E-state index in [4.69, 9.17) is 4.74 Å². The first-order chi connectivity index (χ1) is 16.0. The highest BCUT2D eigenvalue weighted by Gasteiger charge is 2.48. The average molecular weight is 522 g/mol. The number of hydrogen-bond acceptors (Lipinski definition) is 7. The van der Waals surface area contributed by atoms with Crippen LogP contribution in [0.15, 0.2) is 77.0 Å². The molecule has 0 radical (unpaired) electrons. The first-order valence-corrected chi connectivity index (χ1v) is 11.5. The number of benzene rings is 2. The van der Waals surface area contributed by atoms with Gasteiger partial charge in [-0.15, -0.1) is 0 Å². The smallest absolute Gasteiger partial charge is 0.301 e. The van der Waals surface area contributed by atoms with Crippen LogP contribution < -0.4 is 9.64 Å². The van der Waals surface area contributed by atoms with Crippen LogP contribution in [0.25, 0.3) is 16.0 Å². The number of Topliss-reactive ketones (excluding diaryl/α,β-unsaturated/α-hetero) is 1. The van der Waals surface area contributed by atoms with E-state index in [0.717, 1.165) is 10.2 Å². The fourth-order valence-corrected chi connectivity index (χ4v) is 5.35. The Morgan fingerprint density at radius 2 is 1.97 bits per heavy atom. The molecule has 1 unspecified atom stereocenters. The second-order valence-corrected chi connectivity index (χ2v) is 9.13. The number of amides is 1. The molecule has 0 aliphatic carbocycles. The fraction of sp³-hybridized carbons (Fsp3) is 0.0833. The normalized spacial score (nSPS) is 17.6. The molecule has 0 spiro atoms. The Hall–Kier alpha value is -3.56. The van der Waals surface area contributed by atoms with E-state index in [9.17, 15) is 14.7 Å². The maximum absolute atomic E-state index is 13.2. The first kappa shape index (κ1) is 21.3. The maximum atomic E-state index is 13.2. The molecule has 1 N–H and O–H groups in total. The van der Waals surface area contributed by atoms with Gasteiger partial charge in [0.1, 0.15) is 11.5 Å². The minimum absolute atomic E-state index is 0.0238. The largest absolute Gasteiger partial charge is 0.507 e. The second-order valence-electron chi connectivity index (χ2n) is 7.27. The molecular weight excluding hydrogens is 506 g/mol. The van der Waals surface area contributed by atoms with Gasteiger partial charge in [-0.25, -0.2) is 4.98 Å². The molecule has 2 aromatic carbocycles. The molecule has 1 amide bonds. The summed E-state index contributed by atoms with van der Waals surface area (Å²) in [6, 6.07) is 15.0. The van der Waals surface area contributed by atoms with Crippen LogP contribution in [0.1, 0.15) is 17.2 Å². The van der Waals surface area contributed by atoms with Crippen LogP contribution in [0.4, 0.5) is 5.13 Å². The monoisotopic (exact) mass is 521 g/mol. The van der Waals surface area contributed by atoms with Gasteiger partial charge in [0.05, 0.1) is 33.4 Å². The number of carbonyl (C=O) groups excluding carboxylic acids is 2. The van der Waals surface area contributed by atoms with Crippen LogP contribution in [-0.4, -0.2) is 33.9 Å². The molecule has 3 heterocycles. The lowest BCUT2D eigenvalue weighted by Gasteiger charge is -2.22. The fourth-order valence-electron chi connectivity index (χ4n) is 3.82. The van der Waals surface area contributed by atoms with Crippen LogP contribution in [-0.2, 0) is 9.59 Å². The lowest BCUT2D eigenvalue weighted by Crippen LogP contribution is -2.29. The Morgan fingerprint density at radius 3 is 2.67 bits per heavy atom. The molecule has 5 rings (SSSR count). The number of thiazole rings is 1. The molecule has 1 aliphatic heterocycles. The number of methoxy groups -OCH3 is 1. The predicted molar refractivity (Wildman–Crippen MR) is 129 cm³/mol. The maximum Gasteiger partial charge on any atom is 0.301 e. The summed E-state index contributed by atoms with van der Waals surface area (Å²) in [7, 11) is 1.53. The summed E-state index contributed by atoms with van der Waals surface area (Å²) in [5.41, 5.74) is 1.66. The van der Waals surface area contributed by atoms with E-state index in [1.807, 2.05) is 24.3 Å². The average Bonchev–Trinajstić information content (AvgIpc) is 3.37. The van der Waals surface area contributed by atoms with Crippen LogP contribution >= 0.6 is 27.3 Å². The van der Waals surface area contributed by atoms with Crippen molar-refractivity contribution in [3.05, 3.63) is 88.2 Å². The number of nitrogens with zero attached hydrogens (tertiary/aromatic N) is 3. The van der Waals surface area contributed by atoms with Crippen molar-refractivity contribution in [2.45, 2.75) is 6.04 Å². The number of pyridine rings is 1. The van der Waals surface area contributed by atoms with Crippen molar-refractivity contribution >= 4 is 60.1 Å². The molecule has 9 heteroatoms. The topological polar surface area (TPSA) is 92.6 Å². The number of aliphatic hydroxyl groups is 1. The summed E-state index contributed by atoms with van der Waals surface area (Å²) in [6.07, 6.45) is 3.18. The van der Waals surface area contributed by atoms with Crippen molar-refractivity contribution in [3.8, 4) is 5.75 Å². The number of rotatable bonds is 4. The first-order valence-electron chi connectivity index (χ1n) is 9.90. The lowest BCUT2D eigenvalue weighted by atomic mass is 9.96. The SMILES string of the molecule is COc1ccc(/C(O)=C2\C(=O)C(=O)N(c3nc4ccccc4s3)C2c2cccnc2)cc1Br. The molecule has 7 nitrogen and oxygen atoms in total. The number of aromatic nitrogens is 2. The number of fused-ring (bicyclic) bond motifs is 1. The van der Waals surface area contributed by atoms with E-state index < -0.39 is 17.7 Å². The summed E-state index contributed by atoms with van der Waals surface area (Å²) in [4.78, 5) is 36.5. The van der Waals surface area contributed by atoms with E-state index in [1.54, 1.807) is 42.7 Å². The number of para-hydroxylation sites is 1. The standard InChI is InChI=1S/C24H16BrN3O4S/c1-32-17-9-8-13(11-15(17)25)21(29)19-20(14-5-4-10-26-12-14)28(23(31)22(19)30)24-27-16-6-2-3-7-18(16)33-24/h2-12,20,29H,1H3/b21-19+. The predicted octanol–water partition coefficient (Wildman–Crippen LogP) is 5.09. The number of aliphatic hydroxyl groups excluding tert-OH is 1. The minimum Gasteiger partial charge on any atom is -0.507 e. The van der Waals surface area contributed by atoms with Crippen LogP contribution in [0, 0.1) is 0 Å². The molecule has 0 bridgehead atoms. The zero-order valence-electron chi connectivity index (χ0n) is 17.2. The Kier molecular flexibility index (Phi) is 5.43. The van der Waals surface area contributed by atoms with Crippen molar-refractivity contribution < 1.29 is 19.4 Å². The zero-order chi connectivity index (χ0) is 23.1. The summed E-state index contributed by atoms with van der Waals surface area (Å²) >= 11 is 4.71. The number of carbonyl (C=O) groups is 2. The molecule has 0 saturated carbocycles. The summed E-state index contributed by atoms with van der Waals surface area (Å²) in [6.45, 7) is 0. The van der Waals surface area contributed by atoms with E-state index in [0.29, 0.717) is 26.5 Å². The van der Waals surface area contributed by atoms with Gasteiger partial charge in [0.15, 0.2) is 5.13 Å². The third-order valence-corrected chi connectivity index (χ3v) is 7.01. The summed E-state index contributed by atoms with van der Waals surface area (Å²) in [5, 5.41) is 11.6. The van der Waals surface area contributed by atoms with Gasteiger partial charge < -0.3 is 9.84 Å². The third-order valence-electron chi connectivity index (χ3n) is 5.36. The number of anilines is 1. The van der Waals surface area contributed by atoms with Crippen molar-refractivity contribution in [2.24, 2.45) is 0 Å². The van der Waals surface area contributed by atoms with Crippen molar-refractivity contribution in [3.63, 3.8) is 0 Å². The Balaban J connectivity index is 1.72. The van der Waals surface area contributed by atoms with Gasteiger partial charge in [0, 0.05) is 18.0 Å². The third kappa shape index (κ3) is 3.59. The molecule has 164 valence electrons. The number of ketones is 1. The minimum atomic E-state index is -0.875.